The lowest BCUT2D eigenvalue weighted by Crippen LogP contribution is -2.10. The van der Waals surface area contributed by atoms with E-state index < -0.39 is 0 Å². The van der Waals surface area contributed by atoms with E-state index in [0.717, 1.165) is 34.3 Å². The zero-order chi connectivity index (χ0) is 23.5. The predicted octanol–water partition coefficient (Wildman–Crippen LogP) is 5.03. The molecule has 0 radical (unpaired) electrons. The average molecular weight is 456 g/mol. The van der Waals surface area contributed by atoms with Crippen LogP contribution in [0.15, 0.2) is 77.6 Å². The first-order valence-corrected chi connectivity index (χ1v) is 11.1. The standard InChI is InChI=1S/C26H25N5O3/c1-3-31-18(2)20(13-28-31)15-30-16-21(14-27-30)29-26(32)25-12-11-22(34-25)17-33-24-10-6-8-19-7-4-5-9-23(19)24/h4-14,16H,3,15,17H2,1-2H3,(H,29,32). The molecular formula is C26H25N5O3. The van der Waals surface area contributed by atoms with Crippen LogP contribution in [-0.4, -0.2) is 25.5 Å². The number of aryl methyl sites for hydroxylation is 1. The third-order valence-corrected chi connectivity index (χ3v) is 5.73. The van der Waals surface area contributed by atoms with Crippen molar-refractivity contribution in [2.24, 2.45) is 0 Å². The van der Waals surface area contributed by atoms with Crippen LogP contribution in [0, 0.1) is 6.92 Å². The Morgan fingerprint density at radius 3 is 2.76 bits per heavy atom. The van der Waals surface area contributed by atoms with Crippen molar-refractivity contribution in [3.63, 3.8) is 0 Å². The van der Waals surface area contributed by atoms with E-state index >= 15 is 0 Å². The van der Waals surface area contributed by atoms with E-state index in [1.165, 1.54) is 0 Å². The number of carbonyl (C=O) groups excluding carboxylic acids is 1. The first-order chi connectivity index (χ1) is 16.6. The van der Waals surface area contributed by atoms with Gasteiger partial charge >= 0.3 is 0 Å². The summed E-state index contributed by atoms with van der Waals surface area (Å²) in [5, 5.41) is 13.7. The molecule has 172 valence electrons. The highest BCUT2D eigenvalue weighted by Gasteiger charge is 2.14. The molecule has 5 aromatic rings. The fraction of sp³-hybridized carbons (Fsp3) is 0.192. The number of anilines is 1. The summed E-state index contributed by atoms with van der Waals surface area (Å²) in [6, 6.07) is 17.3. The Morgan fingerprint density at radius 2 is 1.91 bits per heavy atom. The Balaban J connectivity index is 1.20. The number of hydrogen-bond donors (Lipinski definition) is 1. The Bertz CT molecular complexity index is 1440. The first-order valence-electron chi connectivity index (χ1n) is 11.1. The van der Waals surface area contributed by atoms with Crippen LogP contribution in [0.5, 0.6) is 5.75 Å². The molecule has 1 N–H and O–H groups in total. The minimum atomic E-state index is -0.342. The van der Waals surface area contributed by atoms with Crippen molar-refractivity contribution in [1.82, 2.24) is 19.6 Å². The molecule has 0 aliphatic rings. The Hall–Kier alpha value is -4.33. The van der Waals surface area contributed by atoms with Gasteiger partial charge in [0.05, 0.1) is 24.6 Å². The lowest BCUT2D eigenvalue weighted by molar-refractivity contribution is 0.0992. The molecule has 0 spiro atoms. The van der Waals surface area contributed by atoms with Crippen molar-refractivity contribution in [2.75, 3.05) is 5.32 Å². The number of rotatable bonds is 8. The van der Waals surface area contributed by atoms with E-state index in [1.807, 2.05) is 60.3 Å². The third-order valence-electron chi connectivity index (χ3n) is 5.73. The molecule has 8 heteroatoms. The van der Waals surface area contributed by atoms with Gasteiger partial charge in [0.2, 0.25) is 0 Å². The van der Waals surface area contributed by atoms with Crippen molar-refractivity contribution < 1.29 is 13.9 Å². The lowest BCUT2D eigenvalue weighted by Gasteiger charge is -2.07. The van der Waals surface area contributed by atoms with Crippen molar-refractivity contribution in [3.05, 3.63) is 96.0 Å². The van der Waals surface area contributed by atoms with E-state index in [-0.39, 0.29) is 18.3 Å². The summed E-state index contributed by atoms with van der Waals surface area (Å²) < 4.78 is 15.4. The molecule has 3 aromatic heterocycles. The molecule has 34 heavy (non-hydrogen) atoms. The van der Waals surface area contributed by atoms with Crippen LogP contribution in [0.3, 0.4) is 0 Å². The minimum absolute atomic E-state index is 0.212. The van der Waals surface area contributed by atoms with Gasteiger partial charge in [-0.3, -0.25) is 14.2 Å². The Kier molecular flexibility index (Phi) is 5.86. The average Bonchev–Trinajstić information content (AvgIpc) is 3.59. The van der Waals surface area contributed by atoms with Crippen molar-refractivity contribution in [3.8, 4) is 5.75 Å². The third kappa shape index (κ3) is 4.43. The van der Waals surface area contributed by atoms with Crippen molar-refractivity contribution in [2.45, 2.75) is 33.5 Å². The van der Waals surface area contributed by atoms with E-state index in [2.05, 4.69) is 22.4 Å². The molecule has 0 bridgehead atoms. The second-order valence-electron chi connectivity index (χ2n) is 7.98. The highest BCUT2D eigenvalue weighted by Crippen LogP contribution is 2.26. The maximum atomic E-state index is 12.6. The topological polar surface area (TPSA) is 87.1 Å². The number of nitrogens with one attached hydrogen (secondary N) is 1. The monoisotopic (exact) mass is 455 g/mol. The molecule has 0 aliphatic carbocycles. The maximum absolute atomic E-state index is 12.6. The molecular weight excluding hydrogens is 430 g/mol. The number of ether oxygens (including phenoxy) is 1. The highest BCUT2D eigenvalue weighted by molar-refractivity contribution is 6.02. The molecule has 0 unspecified atom stereocenters. The number of carbonyl (C=O) groups is 1. The SMILES string of the molecule is CCn1ncc(Cn2cc(NC(=O)c3ccc(COc4cccc5ccccc45)o3)cn2)c1C. The summed E-state index contributed by atoms with van der Waals surface area (Å²) in [5.74, 6) is 1.21. The van der Waals surface area contributed by atoms with Gasteiger partial charge in [-0.2, -0.15) is 10.2 Å². The smallest absolute Gasteiger partial charge is 0.291 e. The second kappa shape index (κ2) is 9.27. The van der Waals surface area contributed by atoms with Crippen LogP contribution in [0.25, 0.3) is 10.8 Å². The number of furan rings is 1. The minimum Gasteiger partial charge on any atom is -0.485 e. The van der Waals surface area contributed by atoms with E-state index in [1.54, 1.807) is 29.2 Å². The van der Waals surface area contributed by atoms with E-state index in [9.17, 15) is 4.79 Å². The zero-order valence-electron chi connectivity index (χ0n) is 19.1. The number of benzene rings is 2. The molecule has 1 amide bonds. The molecule has 0 saturated heterocycles. The number of amides is 1. The molecule has 8 nitrogen and oxygen atoms in total. The molecule has 0 atom stereocenters. The molecule has 5 rings (SSSR count). The van der Waals surface area contributed by atoms with E-state index in [0.29, 0.717) is 18.0 Å². The molecule has 2 aromatic carbocycles. The van der Waals surface area contributed by atoms with Crippen molar-refractivity contribution in [1.29, 1.82) is 0 Å². The van der Waals surface area contributed by atoms with Gasteiger partial charge in [-0.05, 0) is 37.4 Å². The number of aromatic nitrogens is 4. The molecule has 0 fully saturated rings. The Morgan fingerprint density at radius 1 is 1.06 bits per heavy atom. The van der Waals surface area contributed by atoms with Crippen LogP contribution < -0.4 is 10.1 Å². The second-order valence-corrected chi connectivity index (χ2v) is 7.98. The van der Waals surface area contributed by atoms with Gasteiger partial charge in [0, 0.05) is 29.4 Å². The van der Waals surface area contributed by atoms with Crippen LogP contribution in [-0.2, 0) is 19.7 Å². The number of hydrogen-bond acceptors (Lipinski definition) is 5. The van der Waals surface area contributed by atoms with Crippen LogP contribution in [0.4, 0.5) is 5.69 Å². The van der Waals surface area contributed by atoms with Gasteiger partial charge in [-0.15, -0.1) is 0 Å². The molecule has 0 saturated carbocycles. The highest BCUT2D eigenvalue weighted by atomic mass is 16.5. The van der Waals surface area contributed by atoms with Gasteiger partial charge in [-0.25, -0.2) is 0 Å². The van der Waals surface area contributed by atoms with Gasteiger partial charge in [-0.1, -0.05) is 36.4 Å². The summed E-state index contributed by atoms with van der Waals surface area (Å²) in [6.45, 7) is 5.73. The molecule has 0 aliphatic heterocycles. The summed E-state index contributed by atoms with van der Waals surface area (Å²) in [6.07, 6.45) is 5.25. The number of fused-ring (bicyclic) bond motifs is 1. The zero-order valence-corrected chi connectivity index (χ0v) is 19.1. The predicted molar refractivity (Wildman–Crippen MR) is 129 cm³/mol. The lowest BCUT2D eigenvalue weighted by atomic mass is 10.1. The van der Waals surface area contributed by atoms with Gasteiger partial charge in [0.25, 0.3) is 5.91 Å². The fourth-order valence-electron chi connectivity index (χ4n) is 3.89. The van der Waals surface area contributed by atoms with Gasteiger partial charge in [0.15, 0.2) is 5.76 Å². The normalized spacial score (nSPS) is 11.1. The van der Waals surface area contributed by atoms with Crippen molar-refractivity contribution >= 4 is 22.4 Å². The Labute approximate surface area is 196 Å². The summed E-state index contributed by atoms with van der Waals surface area (Å²) in [4.78, 5) is 12.6. The maximum Gasteiger partial charge on any atom is 0.291 e. The number of nitrogens with zero attached hydrogens (tertiary/aromatic N) is 4. The van der Waals surface area contributed by atoms with Crippen LogP contribution in [0.1, 0.15) is 34.5 Å². The summed E-state index contributed by atoms with van der Waals surface area (Å²) >= 11 is 0. The fourth-order valence-corrected chi connectivity index (χ4v) is 3.89. The van der Waals surface area contributed by atoms with Gasteiger partial charge < -0.3 is 14.5 Å². The van der Waals surface area contributed by atoms with Crippen LogP contribution in [0.2, 0.25) is 0 Å². The van der Waals surface area contributed by atoms with E-state index in [4.69, 9.17) is 9.15 Å². The van der Waals surface area contributed by atoms with Gasteiger partial charge in [0.1, 0.15) is 18.1 Å². The summed E-state index contributed by atoms with van der Waals surface area (Å²) in [7, 11) is 0. The molecule has 3 heterocycles. The quantitative estimate of drug-likeness (QED) is 0.354. The first kappa shape index (κ1) is 21.5. The summed E-state index contributed by atoms with van der Waals surface area (Å²) in [5.41, 5.74) is 2.79. The largest absolute Gasteiger partial charge is 0.485 e. The van der Waals surface area contributed by atoms with Crippen LogP contribution >= 0.6 is 0 Å².